The maximum Gasteiger partial charge on any atom is 0.263 e. The van der Waals surface area contributed by atoms with E-state index in [1.807, 2.05) is 18.4 Å². The Kier molecular flexibility index (Phi) is 5.84. The molecule has 1 N–H and O–H groups in total. The van der Waals surface area contributed by atoms with E-state index in [0.29, 0.717) is 6.54 Å². The second-order valence-electron chi connectivity index (χ2n) is 5.09. The van der Waals surface area contributed by atoms with E-state index < -0.39 is 0 Å². The van der Waals surface area contributed by atoms with Crippen LogP contribution in [-0.4, -0.2) is 27.0 Å². The zero-order valence-electron chi connectivity index (χ0n) is 12.8. The van der Waals surface area contributed by atoms with Crippen molar-refractivity contribution in [3.05, 3.63) is 20.8 Å². The first-order chi connectivity index (χ1) is 10.1. The van der Waals surface area contributed by atoms with Crippen molar-refractivity contribution in [3.8, 4) is 0 Å². The van der Waals surface area contributed by atoms with Crippen LogP contribution in [0.3, 0.4) is 0 Å². The lowest BCUT2D eigenvalue weighted by Crippen LogP contribution is -2.23. The Morgan fingerprint density at radius 2 is 2.10 bits per heavy atom. The van der Waals surface area contributed by atoms with Crippen LogP contribution in [0, 0.1) is 13.8 Å². The average Bonchev–Trinajstić information content (AvgIpc) is 2.74. The Bertz CT molecular complexity index is 676. The topological polar surface area (TPSA) is 55.1 Å². The van der Waals surface area contributed by atoms with E-state index in [-0.39, 0.29) is 12.2 Å². The lowest BCUT2D eigenvalue weighted by Gasteiger charge is -2.11. The second kappa shape index (κ2) is 7.42. The first-order valence-corrected chi connectivity index (χ1v) is 9.14. The maximum absolute atomic E-state index is 12.8. The largest absolute Gasteiger partial charge is 0.396 e. The maximum atomic E-state index is 12.8. The molecule has 21 heavy (non-hydrogen) atoms. The minimum atomic E-state index is 0.0850. The van der Waals surface area contributed by atoms with E-state index in [4.69, 9.17) is 10.1 Å². The van der Waals surface area contributed by atoms with Gasteiger partial charge >= 0.3 is 0 Å². The molecule has 6 heteroatoms. The number of unbranched alkanes of at least 4 members (excludes halogenated alkanes) is 1. The Morgan fingerprint density at radius 3 is 2.76 bits per heavy atom. The number of hydrogen-bond acceptors (Lipinski definition) is 5. The van der Waals surface area contributed by atoms with Crippen LogP contribution in [0.4, 0.5) is 0 Å². The van der Waals surface area contributed by atoms with Crippen LogP contribution in [0.15, 0.2) is 9.95 Å². The molecule has 2 aromatic rings. The molecule has 0 saturated carbocycles. The van der Waals surface area contributed by atoms with Crippen LogP contribution in [0.5, 0.6) is 0 Å². The summed E-state index contributed by atoms with van der Waals surface area (Å²) in [6, 6.07) is 0. The highest BCUT2D eigenvalue weighted by Crippen LogP contribution is 2.28. The Morgan fingerprint density at radius 1 is 1.33 bits per heavy atom. The van der Waals surface area contributed by atoms with Gasteiger partial charge in [-0.15, -0.1) is 11.3 Å². The number of aryl methyl sites for hydroxylation is 2. The normalized spacial score (nSPS) is 11.4. The highest BCUT2D eigenvalue weighted by atomic mass is 32.2. The summed E-state index contributed by atoms with van der Waals surface area (Å²) >= 11 is 3.16. The molecule has 0 atom stereocenters. The number of aliphatic hydroxyl groups excluding tert-OH is 1. The van der Waals surface area contributed by atoms with Crippen molar-refractivity contribution in [1.29, 1.82) is 0 Å². The van der Waals surface area contributed by atoms with Crippen molar-refractivity contribution in [2.45, 2.75) is 51.7 Å². The summed E-state index contributed by atoms with van der Waals surface area (Å²) in [7, 11) is 0. The number of nitrogens with zero attached hydrogens (tertiary/aromatic N) is 2. The minimum Gasteiger partial charge on any atom is -0.396 e. The van der Waals surface area contributed by atoms with Gasteiger partial charge in [-0.25, -0.2) is 4.98 Å². The van der Waals surface area contributed by atoms with Crippen molar-refractivity contribution < 1.29 is 5.11 Å². The Balaban J connectivity index is 2.50. The molecule has 0 radical (unpaired) electrons. The SMILES string of the molecule is CCCCn1c(SCCCO)nc2sc(C)c(C)c2c1=O. The van der Waals surface area contributed by atoms with Gasteiger partial charge in [0.15, 0.2) is 5.16 Å². The molecule has 0 aliphatic heterocycles. The van der Waals surface area contributed by atoms with Gasteiger partial charge in [0.25, 0.3) is 5.56 Å². The quantitative estimate of drug-likeness (QED) is 0.481. The highest BCUT2D eigenvalue weighted by molar-refractivity contribution is 7.99. The Labute approximate surface area is 133 Å². The van der Waals surface area contributed by atoms with Gasteiger partial charge < -0.3 is 5.11 Å². The summed E-state index contributed by atoms with van der Waals surface area (Å²) < 4.78 is 1.81. The fourth-order valence-electron chi connectivity index (χ4n) is 2.16. The van der Waals surface area contributed by atoms with E-state index in [0.717, 1.165) is 50.8 Å². The van der Waals surface area contributed by atoms with E-state index >= 15 is 0 Å². The Hall–Kier alpha value is -0.850. The third-order valence-electron chi connectivity index (χ3n) is 3.52. The van der Waals surface area contributed by atoms with Crippen LogP contribution in [0.2, 0.25) is 0 Å². The highest BCUT2D eigenvalue weighted by Gasteiger charge is 2.16. The van der Waals surface area contributed by atoms with E-state index in [9.17, 15) is 4.79 Å². The smallest absolute Gasteiger partial charge is 0.263 e. The predicted molar refractivity (Wildman–Crippen MR) is 90.7 cm³/mol. The molecule has 0 unspecified atom stereocenters. The van der Waals surface area contributed by atoms with Crippen LogP contribution in [0.1, 0.15) is 36.6 Å². The number of thioether (sulfide) groups is 1. The van der Waals surface area contributed by atoms with Gasteiger partial charge in [-0.1, -0.05) is 25.1 Å². The van der Waals surface area contributed by atoms with E-state index in [1.54, 1.807) is 23.1 Å². The standard InChI is InChI=1S/C15H22N2O2S2/c1-4-5-7-17-14(19)12-10(2)11(3)21-13(12)16-15(17)20-9-6-8-18/h18H,4-9H2,1-3H3. The summed E-state index contributed by atoms with van der Waals surface area (Å²) in [4.78, 5) is 19.5. The minimum absolute atomic E-state index is 0.0850. The predicted octanol–water partition coefficient (Wildman–Crippen LogP) is 3.35. The van der Waals surface area contributed by atoms with Crippen molar-refractivity contribution in [2.75, 3.05) is 12.4 Å². The van der Waals surface area contributed by atoms with Gasteiger partial charge in [0.1, 0.15) is 4.83 Å². The van der Waals surface area contributed by atoms with Gasteiger partial charge in [0.2, 0.25) is 0 Å². The van der Waals surface area contributed by atoms with Crippen molar-refractivity contribution >= 4 is 33.3 Å². The molecule has 2 heterocycles. The molecule has 0 amide bonds. The molecule has 2 aromatic heterocycles. The fraction of sp³-hybridized carbons (Fsp3) is 0.600. The summed E-state index contributed by atoms with van der Waals surface area (Å²) in [5.74, 6) is 0.782. The third kappa shape index (κ3) is 3.49. The fourth-order valence-corrected chi connectivity index (χ4v) is 4.18. The zero-order chi connectivity index (χ0) is 15.4. The monoisotopic (exact) mass is 326 g/mol. The first-order valence-electron chi connectivity index (χ1n) is 7.34. The van der Waals surface area contributed by atoms with Crippen molar-refractivity contribution in [2.24, 2.45) is 0 Å². The number of aromatic nitrogens is 2. The van der Waals surface area contributed by atoms with Crippen molar-refractivity contribution in [3.63, 3.8) is 0 Å². The first kappa shape index (κ1) is 16.5. The molecule has 116 valence electrons. The summed E-state index contributed by atoms with van der Waals surface area (Å²) in [5, 5.41) is 10.5. The van der Waals surface area contributed by atoms with Crippen LogP contribution in [-0.2, 0) is 6.54 Å². The molecule has 0 fully saturated rings. The van der Waals surface area contributed by atoms with Gasteiger partial charge in [-0.2, -0.15) is 0 Å². The molecular formula is C15H22N2O2S2. The van der Waals surface area contributed by atoms with Crippen LogP contribution < -0.4 is 5.56 Å². The van der Waals surface area contributed by atoms with Gasteiger partial charge in [-0.05, 0) is 32.3 Å². The number of fused-ring (bicyclic) bond motifs is 1. The van der Waals surface area contributed by atoms with E-state index in [2.05, 4.69) is 6.92 Å². The van der Waals surface area contributed by atoms with Crippen LogP contribution in [0.25, 0.3) is 10.2 Å². The lowest BCUT2D eigenvalue weighted by molar-refractivity contribution is 0.296. The summed E-state index contributed by atoms with van der Waals surface area (Å²) in [6.07, 6.45) is 2.74. The molecule has 2 rings (SSSR count). The van der Waals surface area contributed by atoms with Crippen molar-refractivity contribution in [1.82, 2.24) is 9.55 Å². The lowest BCUT2D eigenvalue weighted by atomic mass is 10.2. The molecule has 0 bridgehead atoms. The van der Waals surface area contributed by atoms with Crippen LogP contribution >= 0.6 is 23.1 Å². The molecule has 0 aliphatic carbocycles. The number of rotatable bonds is 7. The molecule has 0 saturated heterocycles. The van der Waals surface area contributed by atoms with E-state index in [1.165, 1.54) is 0 Å². The third-order valence-corrected chi connectivity index (χ3v) is 5.69. The number of thiophene rings is 1. The summed E-state index contributed by atoms with van der Waals surface area (Å²) in [5.41, 5.74) is 1.14. The molecule has 0 spiro atoms. The van der Waals surface area contributed by atoms with Gasteiger partial charge in [0, 0.05) is 23.8 Å². The molecule has 0 aromatic carbocycles. The summed E-state index contributed by atoms with van der Waals surface area (Å²) in [6.45, 7) is 7.05. The second-order valence-corrected chi connectivity index (χ2v) is 7.36. The average molecular weight is 326 g/mol. The van der Waals surface area contributed by atoms with Gasteiger partial charge in [0.05, 0.1) is 5.39 Å². The number of hydrogen-bond donors (Lipinski definition) is 1. The zero-order valence-corrected chi connectivity index (χ0v) is 14.4. The molecule has 0 aliphatic rings. The molecular weight excluding hydrogens is 304 g/mol. The molecule has 4 nitrogen and oxygen atoms in total. The number of aliphatic hydroxyl groups is 1. The van der Waals surface area contributed by atoms with Gasteiger partial charge in [-0.3, -0.25) is 9.36 Å².